The molecule has 2 aromatic rings. The highest BCUT2D eigenvalue weighted by Crippen LogP contribution is 2.40. The maximum atomic E-state index is 13.4. The number of hydrogen-bond donors (Lipinski definition) is 1. The third-order valence-electron chi connectivity index (χ3n) is 5.42. The number of benzene rings is 2. The molecule has 2 aromatic carbocycles. The Morgan fingerprint density at radius 1 is 1.21 bits per heavy atom. The molecule has 178 valence electrons. The first-order valence-corrected chi connectivity index (χ1v) is 10.6. The van der Waals surface area contributed by atoms with Crippen LogP contribution in [0, 0.1) is 6.57 Å². The zero-order valence-electron chi connectivity index (χ0n) is 18.3. The summed E-state index contributed by atoms with van der Waals surface area (Å²) in [7, 11) is 0. The zero-order chi connectivity index (χ0) is 25.3. The lowest BCUT2D eigenvalue weighted by Crippen LogP contribution is -2.44. The number of alkyl halides is 3. The van der Waals surface area contributed by atoms with Gasteiger partial charge in [0.15, 0.2) is 10.8 Å². The molecule has 1 heterocycles. The quantitative estimate of drug-likeness (QED) is 0.350. The molecule has 0 spiro atoms. The van der Waals surface area contributed by atoms with E-state index < -0.39 is 34.8 Å². The average Bonchev–Trinajstić information content (AvgIpc) is 2.94. The van der Waals surface area contributed by atoms with Gasteiger partial charge < -0.3 is 15.4 Å². The molecular formula is C23H21F3N4O3S. The SMILES string of the molecule is [C-]#[N+]c1ccc(N2C(=O)C(C)(C)N(CCCOc3ccc(C(N)=O)cc3)C2=S)cc1C(F)(F)F. The molecular weight excluding hydrogens is 469 g/mol. The molecule has 1 aliphatic rings. The number of thiocarbonyl (C=S) groups is 1. The van der Waals surface area contributed by atoms with Crippen LogP contribution in [0.25, 0.3) is 4.85 Å². The van der Waals surface area contributed by atoms with Crippen LogP contribution in [-0.2, 0) is 11.0 Å². The van der Waals surface area contributed by atoms with Crippen molar-refractivity contribution in [3.8, 4) is 5.75 Å². The number of amides is 2. The fourth-order valence-corrected chi connectivity index (χ4v) is 4.06. The largest absolute Gasteiger partial charge is 0.494 e. The second-order valence-electron chi connectivity index (χ2n) is 8.04. The van der Waals surface area contributed by atoms with E-state index >= 15 is 0 Å². The van der Waals surface area contributed by atoms with E-state index in [2.05, 4.69) is 4.85 Å². The molecule has 1 saturated heterocycles. The Hall–Kier alpha value is -3.65. The van der Waals surface area contributed by atoms with Crippen molar-refractivity contribution in [1.82, 2.24) is 4.90 Å². The third-order valence-corrected chi connectivity index (χ3v) is 5.82. The van der Waals surface area contributed by atoms with Gasteiger partial charge in [0.1, 0.15) is 11.3 Å². The highest BCUT2D eigenvalue weighted by atomic mass is 32.1. The zero-order valence-corrected chi connectivity index (χ0v) is 19.2. The van der Waals surface area contributed by atoms with Gasteiger partial charge in [0.25, 0.3) is 5.91 Å². The molecule has 2 N–H and O–H groups in total. The normalized spacial score (nSPS) is 15.4. The Kier molecular flexibility index (Phi) is 6.84. The molecule has 2 amide bonds. The maximum absolute atomic E-state index is 13.4. The Morgan fingerprint density at radius 3 is 2.41 bits per heavy atom. The summed E-state index contributed by atoms with van der Waals surface area (Å²) >= 11 is 5.45. The molecule has 7 nitrogen and oxygen atoms in total. The number of hydrogen-bond acceptors (Lipinski definition) is 4. The van der Waals surface area contributed by atoms with Gasteiger partial charge in [0.2, 0.25) is 5.91 Å². The number of carbonyl (C=O) groups excluding carboxylic acids is 2. The van der Waals surface area contributed by atoms with Gasteiger partial charge in [0.05, 0.1) is 18.7 Å². The van der Waals surface area contributed by atoms with Crippen LogP contribution in [0.2, 0.25) is 0 Å². The molecule has 0 atom stereocenters. The second-order valence-corrected chi connectivity index (χ2v) is 8.40. The van der Waals surface area contributed by atoms with E-state index in [-0.39, 0.29) is 17.4 Å². The number of anilines is 1. The van der Waals surface area contributed by atoms with E-state index in [4.69, 9.17) is 29.3 Å². The summed E-state index contributed by atoms with van der Waals surface area (Å²) in [6.45, 7) is 10.9. The third kappa shape index (κ3) is 4.82. The first-order valence-electron chi connectivity index (χ1n) is 10.2. The summed E-state index contributed by atoms with van der Waals surface area (Å²) in [4.78, 5) is 29.9. The first-order chi connectivity index (χ1) is 15.9. The predicted octanol–water partition coefficient (Wildman–Crippen LogP) is 4.54. The molecule has 0 saturated carbocycles. The molecule has 3 rings (SSSR count). The van der Waals surface area contributed by atoms with Crippen LogP contribution < -0.4 is 15.4 Å². The molecule has 0 aliphatic carbocycles. The lowest BCUT2D eigenvalue weighted by atomic mass is 10.0. The number of ether oxygens (including phenoxy) is 1. The fourth-order valence-electron chi connectivity index (χ4n) is 3.55. The molecule has 1 fully saturated rings. The minimum absolute atomic E-state index is 0.0453. The number of carbonyl (C=O) groups is 2. The van der Waals surface area contributed by atoms with Crippen LogP contribution in [0.5, 0.6) is 5.75 Å². The Labute approximate surface area is 199 Å². The standard InChI is InChI=1S/C23H21F3N4O3S/c1-22(2)20(32)30(15-7-10-18(28-3)17(13-15)23(24,25)26)21(34)29(22)11-4-12-33-16-8-5-14(6-9-16)19(27)31/h5-10,13H,4,11-12H2,1-2H3,(H2,27,31). The van der Waals surface area contributed by atoms with E-state index in [9.17, 15) is 22.8 Å². The van der Waals surface area contributed by atoms with Gasteiger partial charge in [-0.2, -0.15) is 13.2 Å². The van der Waals surface area contributed by atoms with Crippen LogP contribution in [0.15, 0.2) is 42.5 Å². The van der Waals surface area contributed by atoms with Crippen molar-refractivity contribution in [3.63, 3.8) is 0 Å². The van der Waals surface area contributed by atoms with Gasteiger partial charge in [-0.1, -0.05) is 6.07 Å². The van der Waals surface area contributed by atoms with Crippen molar-refractivity contribution in [2.45, 2.75) is 32.0 Å². The minimum atomic E-state index is -4.75. The highest BCUT2D eigenvalue weighted by molar-refractivity contribution is 7.80. The molecule has 0 unspecified atom stereocenters. The maximum Gasteiger partial charge on any atom is 0.407 e. The summed E-state index contributed by atoms with van der Waals surface area (Å²) < 4.78 is 45.9. The Bertz CT molecular complexity index is 1170. The van der Waals surface area contributed by atoms with Crippen LogP contribution in [0.3, 0.4) is 0 Å². The van der Waals surface area contributed by atoms with Crippen molar-refractivity contribution in [2.24, 2.45) is 5.73 Å². The van der Waals surface area contributed by atoms with Gasteiger partial charge in [-0.05, 0) is 68.9 Å². The molecule has 0 radical (unpaired) electrons. The second kappa shape index (κ2) is 9.30. The predicted molar refractivity (Wildman–Crippen MR) is 124 cm³/mol. The number of nitrogens with two attached hydrogens (primary N) is 1. The van der Waals surface area contributed by atoms with Crippen molar-refractivity contribution in [3.05, 3.63) is 65.0 Å². The van der Waals surface area contributed by atoms with Gasteiger partial charge in [0, 0.05) is 17.8 Å². The Balaban J connectivity index is 1.72. The van der Waals surface area contributed by atoms with Crippen LogP contribution in [0.1, 0.15) is 36.2 Å². The van der Waals surface area contributed by atoms with Crippen molar-refractivity contribution >= 4 is 40.5 Å². The number of rotatable bonds is 7. The lowest BCUT2D eigenvalue weighted by Gasteiger charge is -2.29. The number of nitrogens with zero attached hydrogens (tertiary/aromatic N) is 3. The summed E-state index contributed by atoms with van der Waals surface area (Å²) in [6, 6.07) is 9.40. The van der Waals surface area contributed by atoms with Crippen molar-refractivity contribution < 1.29 is 27.5 Å². The van der Waals surface area contributed by atoms with E-state index in [1.807, 2.05) is 0 Å². The number of halogens is 3. The summed E-state index contributed by atoms with van der Waals surface area (Å²) in [6.07, 6.45) is -4.28. The first kappa shape index (κ1) is 25.0. The number of primary amides is 1. The summed E-state index contributed by atoms with van der Waals surface area (Å²) in [5.41, 5.74) is 2.76. The van der Waals surface area contributed by atoms with E-state index in [0.717, 1.165) is 17.0 Å². The van der Waals surface area contributed by atoms with Crippen molar-refractivity contribution in [2.75, 3.05) is 18.1 Å². The van der Waals surface area contributed by atoms with Crippen LogP contribution in [0.4, 0.5) is 24.5 Å². The molecule has 11 heteroatoms. The van der Waals surface area contributed by atoms with Gasteiger partial charge >= 0.3 is 6.18 Å². The van der Waals surface area contributed by atoms with Gasteiger partial charge in [-0.15, -0.1) is 0 Å². The average molecular weight is 491 g/mol. The summed E-state index contributed by atoms with van der Waals surface area (Å²) in [5, 5.41) is 0.0736. The fraction of sp³-hybridized carbons (Fsp3) is 0.304. The van der Waals surface area contributed by atoms with E-state index in [1.54, 1.807) is 43.0 Å². The summed E-state index contributed by atoms with van der Waals surface area (Å²) in [5.74, 6) is -0.480. The highest BCUT2D eigenvalue weighted by Gasteiger charge is 2.49. The Morgan fingerprint density at radius 2 is 1.85 bits per heavy atom. The van der Waals surface area contributed by atoms with Gasteiger partial charge in [-0.3, -0.25) is 14.5 Å². The molecule has 0 aromatic heterocycles. The van der Waals surface area contributed by atoms with Crippen LogP contribution in [-0.4, -0.2) is 40.5 Å². The van der Waals surface area contributed by atoms with Crippen molar-refractivity contribution in [1.29, 1.82) is 0 Å². The van der Waals surface area contributed by atoms with E-state index in [0.29, 0.717) is 24.3 Å². The molecule has 34 heavy (non-hydrogen) atoms. The molecule has 1 aliphatic heterocycles. The smallest absolute Gasteiger partial charge is 0.407 e. The monoisotopic (exact) mass is 490 g/mol. The lowest BCUT2D eigenvalue weighted by molar-refractivity contribution is -0.136. The minimum Gasteiger partial charge on any atom is -0.494 e. The van der Waals surface area contributed by atoms with E-state index in [1.165, 1.54) is 6.07 Å². The van der Waals surface area contributed by atoms with Crippen LogP contribution >= 0.6 is 12.2 Å². The molecule has 0 bridgehead atoms. The van der Waals surface area contributed by atoms with Gasteiger partial charge in [-0.25, -0.2) is 4.85 Å². The topological polar surface area (TPSA) is 80.2 Å².